The van der Waals surface area contributed by atoms with E-state index in [1.54, 1.807) is 0 Å². The highest BCUT2D eigenvalue weighted by Crippen LogP contribution is 2.35. The van der Waals surface area contributed by atoms with Gasteiger partial charge in [-0.3, -0.25) is 9.59 Å². The summed E-state index contributed by atoms with van der Waals surface area (Å²) in [5.41, 5.74) is 6.06. The molecule has 3 N–H and O–H groups in total. The first-order valence-electron chi connectivity index (χ1n) is 18.3. The Morgan fingerprint density at radius 3 is 2.11 bits per heavy atom. The van der Waals surface area contributed by atoms with Gasteiger partial charge in [0, 0.05) is 19.0 Å². The molecule has 0 bridgehead atoms. The van der Waals surface area contributed by atoms with Crippen molar-refractivity contribution in [1.29, 1.82) is 0 Å². The highest BCUT2D eigenvalue weighted by molar-refractivity contribution is 7.59. The van der Waals surface area contributed by atoms with Crippen LogP contribution in [-0.2, 0) is 20.7 Å². The number of nitrogens with zero attached hydrogens (tertiary/aromatic N) is 4. The number of amides is 3. The molecule has 11 nitrogen and oxygen atoms in total. The molecule has 4 atom stereocenters. The zero-order chi connectivity index (χ0) is 36.2. The van der Waals surface area contributed by atoms with E-state index >= 15 is 0 Å². The fourth-order valence-electron chi connectivity index (χ4n) is 7.17. The van der Waals surface area contributed by atoms with E-state index in [9.17, 15) is 14.4 Å². The fraction of sp³-hybridized carbons (Fsp3) is 0.475. The zero-order valence-corrected chi connectivity index (χ0v) is 36.6. The van der Waals surface area contributed by atoms with Gasteiger partial charge in [0.15, 0.2) is 0 Å². The Kier molecular flexibility index (Phi) is 18.3. The van der Waals surface area contributed by atoms with Crippen LogP contribution in [0.25, 0.3) is 28.4 Å². The van der Waals surface area contributed by atoms with Crippen LogP contribution in [0.4, 0.5) is 4.79 Å². The number of nitrogens with one attached hydrogen (secondary N) is 3. The van der Waals surface area contributed by atoms with Gasteiger partial charge >= 0.3 is 6.09 Å². The maximum Gasteiger partial charge on any atom is 0.407 e. The summed E-state index contributed by atoms with van der Waals surface area (Å²) in [6.07, 6.45) is 9.90. The van der Waals surface area contributed by atoms with Crippen LogP contribution in [0.1, 0.15) is 95.2 Å². The minimum Gasteiger partial charge on any atom is -0.453 e. The first-order valence-corrected chi connectivity index (χ1v) is 18.3. The Labute approximate surface area is 353 Å². The summed E-state index contributed by atoms with van der Waals surface area (Å²) in [6.45, 7) is 11.4. The number of fused-ring (bicyclic) bond motifs is 1. The molecule has 4 heterocycles. The number of alkyl carbamates (subject to hydrolysis) is 1. The van der Waals surface area contributed by atoms with Crippen LogP contribution in [0.5, 0.6) is 0 Å². The Balaban J connectivity index is 0.00000261. The van der Waals surface area contributed by atoms with Crippen molar-refractivity contribution >= 4 is 89.0 Å². The van der Waals surface area contributed by atoms with Gasteiger partial charge in [-0.15, -0.1) is 0 Å². The van der Waals surface area contributed by atoms with Crippen molar-refractivity contribution in [2.24, 2.45) is 17.8 Å². The molecule has 2 fully saturated rings. The van der Waals surface area contributed by atoms with Crippen molar-refractivity contribution in [2.75, 3.05) is 20.2 Å². The maximum atomic E-state index is 13.5. The number of rotatable bonds is 11. The monoisotopic (exact) mass is 829 g/mol. The van der Waals surface area contributed by atoms with Crippen LogP contribution >= 0.6 is 54.0 Å². The molecule has 4 aromatic rings. The molecule has 0 saturated carbocycles. The number of ether oxygens (including phenoxy) is 1. The van der Waals surface area contributed by atoms with Crippen LogP contribution < -0.4 is 5.32 Å². The molecular weight excluding hydrogens is 771 g/mol. The van der Waals surface area contributed by atoms with Gasteiger partial charge in [-0.2, -0.15) is 54.0 Å². The molecule has 0 unspecified atom stereocenters. The number of carbonyl (C=O) groups excluding carboxylic acids is 3. The number of hydrogen-bond acceptors (Lipinski definition) is 6. The largest absolute Gasteiger partial charge is 0.453 e. The molecule has 15 heteroatoms. The zero-order valence-electron chi connectivity index (χ0n) is 32.6. The summed E-state index contributed by atoms with van der Waals surface area (Å²) in [6, 6.07) is 13.8. The lowest BCUT2D eigenvalue weighted by atomic mass is 9.96. The van der Waals surface area contributed by atoms with Gasteiger partial charge in [-0.25, -0.2) is 14.8 Å². The topological polar surface area (TPSA) is 136 Å². The van der Waals surface area contributed by atoms with Crippen LogP contribution in [0.15, 0.2) is 54.7 Å². The van der Waals surface area contributed by atoms with Crippen molar-refractivity contribution in [3.63, 3.8) is 0 Å². The van der Waals surface area contributed by atoms with E-state index in [4.69, 9.17) is 14.7 Å². The summed E-state index contributed by atoms with van der Waals surface area (Å²) in [4.78, 5) is 58.9. The molecule has 2 aromatic carbocycles. The predicted molar refractivity (Wildman–Crippen MR) is 240 cm³/mol. The summed E-state index contributed by atoms with van der Waals surface area (Å²) in [7, 11) is 1.30. The second kappa shape index (κ2) is 21.1. The van der Waals surface area contributed by atoms with Gasteiger partial charge in [-0.1, -0.05) is 77.1 Å². The van der Waals surface area contributed by atoms with Gasteiger partial charge in [0.2, 0.25) is 11.8 Å². The molecule has 0 radical (unpaired) electrons. The summed E-state index contributed by atoms with van der Waals surface area (Å²) < 4.78 is 4.76. The van der Waals surface area contributed by atoms with Crippen LogP contribution in [0.2, 0.25) is 0 Å². The Bertz CT molecular complexity index is 1900. The Hall–Kier alpha value is -3.53. The Morgan fingerprint density at radius 2 is 1.49 bits per heavy atom. The van der Waals surface area contributed by atoms with Crippen LogP contribution in [-0.4, -0.2) is 73.9 Å². The number of likely N-dealkylation sites (tertiary alicyclic amines) is 2. The number of hydrogen-bond donors (Lipinski definition) is 3. The number of H-pyrrole nitrogens is 2. The van der Waals surface area contributed by atoms with Gasteiger partial charge in [0.1, 0.15) is 17.7 Å². The standard InChI is InChI=1S/C40H51N7O4.4H2S/c1-24(2)26(5)38(48)46-20-8-12-33(46)36-41-23-32(44-36)29-17-14-27(15-18-29)10-7-11-28-16-19-30-31(22-28)43-37(42-30)34-13-9-21-47(34)39(49)35(25(3)4)45-40(50)51-6;;;;/h7,10,14-19,22-26,33-35H,8-9,11-13,20-21H2,1-6H3,(H,41,44)(H,42,43)(H,45,50);4*1H2/t26-,33-,34-,35-;;;;/m0..../s1. The van der Waals surface area contributed by atoms with Crippen molar-refractivity contribution in [2.45, 2.75) is 84.8 Å². The van der Waals surface area contributed by atoms with Crippen molar-refractivity contribution in [1.82, 2.24) is 35.1 Å². The molecule has 0 aliphatic carbocycles. The van der Waals surface area contributed by atoms with Gasteiger partial charge < -0.3 is 29.8 Å². The number of imidazole rings is 2. The number of methoxy groups -OCH3 is 1. The molecular formula is C40H59N7O4S4. The first-order chi connectivity index (χ1) is 24.5. The third kappa shape index (κ3) is 10.9. The van der Waals surface area contributed by atoms with E-state index in [0.717, 1.165) is 83.7 Å². The minimum absolute atomic E-state index is 0. The molecule has 2 saturated heterocycles. The smallest absolute Gasteiger partial charge is 0.407 e. The lowest BCUT2D eigenvalue weighted by Crippen LogP contribution is -2.51. The number of benzene rings is 2. The van der Waals surface area contributed by atoms with E-state index in [-0.39, 0.29) is 89.7 Å². The lowest BCUT2D eigenvalue weighted by Gasteiger charge is -2.29. The lowest BCUT2D eigenvalue weighted by molar-refractivity contribution is -0.137. The van der Waals surface area contributed by atoms with Crippen molar-refractivity contribution in [3.8, 4) is 11.3 Å². The molecule has 0 spiro atoms. The predicted octanol–water partition coefficient (Wildman–Crippen LogP) is 7.66. The molecule has 2 aromatic heterocycles. The number of carbonyl (C=O) groups is 3. The SMILES string of the molecule is COC(=O)N[C@H](C(=O)N1CCC[C@H]1c1nc2ccc(CC=Cc3ccc(-c4cnc([C@@H]5CCCN5C(=O)[C@@H](C)C(C)C)[nH]4)cc3)cc2[nH]1)C(C)C.S.S.S.S. The maximum absolute atomic E-state index is 13.5. The van der Waals surface area contributed by atoms with Crippen LogP contribution in [0, 0.1) is 17.8 Å². The normalized spacial score (nSPS) is 17.7. The molecule has 2 aliphatic rings. The van der Waals surface area contributed by atoms with Gasteiger partial charge in [0.25, 0.3) is 0 Å². The molecule has 2 aliphatic heterocycles. The van der Waals surface area contributed by atoms with Gasteiger partial charge in [-0.05, 0) is 72.8 Å². The van der Waals surface area contributed by atoms with Gasteiger partial charge in [0.05, 0.1) is 42.1 Å². The highest BCUT2D eigenvalue weighted by atomic mass is 32.1. The summed E-state index contributed by atoms with van der Waals surface area (Å²) in [5, 5.41) is 2.71. The first kappa shape index (κ1) is 47.6. The fourth-order valence-corrected chi connectivity index (χ4v) is 7.17. The second-order valence-electron chi connectivity index (χ2n) is 14.7. The number of aromatic amines is 2. The molecule has 3 amide bonds. The quantitative estimate of drug-likeness (QED) is 0.142. The summed E-state index contributed by atoms with van der Waals surface area (Å²) in [5.74, 6) is 1.94. The van der Waals surface area contributed by atoms with E-state index < -0.39 is 12.1 Å². The van der Waals surface area contributed by atoms with Crippen molar-refractivity contribution in [3.05, 3.63) is 77.5 Å². The third-order valence-electron chi connectivity index (χ3n) is 10.5. The van der Waals surface area contributed by atoms with E-state index in [1.165, 1.54) is 7.11 Å². The van der Waals surface area contributed by atoms with E-state index in [2.05, 4.69) is 77.7 Å². The summed E-state index contributed by atoms with van der Waals surface area (Å²) >= 11 is 0. The van der Waals surface area contributed by atoms with E-state index in [0.29, 0.717) is 12.5 Å². The minimum atomic E-state index is -0.667. The van der Waals surface area contributed by atoms with E-state index in [1.807, 2.05) is 42.8 Å². The average Bonchev–Trinajstić information content (AvgIpc) is 3.95. The third-order valence-corrected chi connectivity index (χ3v) is 10.5. The molecule has 302 valence electrons. The second-order valence-corrected chi connectivity index (χ2v) is 14.7. The number of aromatic nitrogens is 4. The average molecular weight is 830 g/mol. The van der Waals surface area contributed by atoms with Crippen LogP contribution in [0.3, 0.4) is 0 Å². The number of allylic oxidation sites excluding steroid dienone is 1. The Morgan fingerprint density at radius 1 is 0.855 bits per heavy atom. The van der Waals surface area contributed by atoms with Crippen molar-refractivity contribution < 1.29 is 19.1 Å². The molecule has 6 rings (SSSR count). The molecule has 55 heavy (non-hydrogen) atoms. The highest BCUT2D eigenvalue weighted by Gasteiger charge is 2.38.